The molecular formula is C14H18N2O3. The van der Waals surface area contributed by atoms with Crippen LogP contribution in [0, 0.1) is 0 Å². The van der Waals surface area contributed by atoms with Crippen molar-refractivity contribution in [2.45, 2.75) is 12.5 Å². The summed E-state index contributed by atoms with van der Waals surface area (Å²) in [5.41, 5.74) is 4.16. The van der Waals surface area contributed by atoms with Crippen molar-refractivity contribution in [1.82, 2.24) is 10.4 Å². The van der Waals surface area contributed by atoms with Gasteiger partial charge in [0.25, 0.3) is 0 Å². The summed E-state index contributed by atoms with van der Waals surface area (Å²) in [5.74, 6) is 0.786. The molecule has 5 nitrogen and oxygen atoms in total. The van der Waals surface area contributed by atoms with Crippen molar-refractivity contribution in [3.8, 4) is 5.75 Å². The summed E-state index contributed by atoms with van der Waals surface area (Å²) < 4.78 is 10.3. The number of carbonyl (C=O) groups is 1. The molecule has 1 atom stereocenters. The Kier molecular flexibility index (Phi) is 4.41. The maximum Gasteiger partial charge on any atom is 0.424 e. The van der Waals surface area contributed by atoms with Gasteiger partial charge in [-0.25, -0.2) is 15.2 Å². The molecule has 5 heteroatoms. The third-order valence-corrected chi connectivity index (χ3v) is 2.99. The first kappa shape index (κ1) is 13.4. The Bertz CT molecular complexity index is 462. The quantitative estimate of drug-likeness (QED) is 0.799. The number of amides is 1. The van der Waals surface area contributed by atoms with Crippen LogP contribution in [0.4, 0.5) is 4.79 Å². The first-order valence-electron chi connectivity index (χ1n) is 6.20. The second-order valence-corrected chi connectivity index (χ2v) is 4.21. The Hall–Kier alpha value is -2.01. The largest absolute Gasteiger partial charge is 0.496 e. The topological polar surface area (TPSA) is 50.8 Å². The highest BCUT2D eigenvalue weighted by Crippen LogP contribution is 2.27. The van der Waals surface area contributed by atoms with E-state index in [0.29, 0.717) is 19.6 Å². The average Bonchev–Trinajstić information content (AvgIpc) is 2.84. The molecule has 19 heavy (non-hydrogen) atoms. The van der Waals surface area contributed by atoms with Gasteiger partial charge in [0.05, 0.1) is 19.7 Å². The number of benzene rings is 1. The molecule has 1 heterocycles. The number of hydrogen-bond acceptors (Lipinski definition) is 4. The van der Waals surface area contributed by atoms with Gasteiger partial charge in [-0.1, -0.05) is 24.3 Å². The first-order valence-corrected chi connectivity index (χ1v) is 6.20. The number of cyclic esters (lactones) is 1. The molecule has 1 amide bonds. The van der Waals surface area contributed by atoms with E-state index in [4.69, 9.17) is 9.47 Å². The molecule has 1 fully saturated rings. The van der Waals surface area contributed by atoms with E-state index < -0.39 is 0 Å². The summed E-state index contributed by atoms with van der Waals surface area (Å²) in [4.78, 5) is 11.5. The van der Waals surface area contributed by atoms with Crippen LogP contribution in [0.3, 0.4) is 0 Å². The molecule has 102 valence electrons. The number of ether oxygens (including phenoxy) is 2. The van der Waals surface area contributed by atoms with Gasteiger partial charge in [-0.15, -0.1) is 6.58 Å². The van der Waals surface area contributed by atoms with Crippen molar-refractivity contribution < 1.29 is 14.3 Å². The number of hydrazine groups is 1. The molecule has 0 unspecified atom stereocenters. The summed E-state index contributed by atoms with van der Waals surface area (Å²) in [6, 6.07) is 7.66. The van der Waals surface area contributed by atoms with E-state index in [0.717, 1.165) is 11.3 Å². The number of nitrogens with one attached hydrogen (secondary N) is 1. The summed E-state index contributed by atoms with van der Waals surface area (Å²) in [6.45, 7) is 4.72. The fourth-order valence-electron chi connectivity index (χ4n) is 2.07. The van der Waals surface area contributed by atoms with Gasteiger partial charge in [0.2, 0.25) is 0 Å². The van der Waals surface area contributed by atoms with Crippen LogP contribution in [0.5, 0.6) is 5.75 Å². The van der Waals surface area contributed by atoms with Crippen molar-refractivity contribution in [3.05, 3.63) is 42.5 Å². The highest BCUT2D eigenvalue weighted by atomic mass is 16.6. The van der Waals surface area contributed by atoms with E-state index in [2.05, 4.69) is 12.0 Å². The Morgan fingerprint density at radius 3 is 3.00 bits per heavy atom. The van der Waals surface area contributed by atoms with Gasteiger partial charge < -0.3 is 9.47 Å². The van der Waals surface area contributed by atoms with Crippen LogP contribution in [0.15, 0.2) is 36.9 Å². The van der Waals surface area contributed by atoms with Gasteiger partial charge in [0.15, 0.2) is 0 Å². The monoisotopic (exact) mass is 262 g/mol. The third kappa shape index (κ3) is 3.06. The highest BCUT2D eigenvalue weighted by molar-refractivity contribution is 5.68. The smallest absolute Gasteiger partial charge is 0.424 e. The minimum Gasteiger partial charge on any atom is -0.496 e. The lowest BCUT2D eigenvalue weighted by Crippen LogP contribution is -2.41. The van der Waals surface area contributed by atoms with Gasteiger partial charge in [0.1, 0.15) is 12.4 Å². The lowest BCUT2D eigenvalue weighted by Gasteiger charge is -2.24. The molecule has 1 aromatic carbocycles. The maximum absolute atomic E-state index is 11.5. The molecule has 0 aromatic heterocycles. The van der Waals surface area contributed by atoms with Gasteiger partial charge in [0, 0.05) is 5.56 Å². The first-order chi connectivity index (χ1) is 9.26. The van der Waals surface area contributed by atoms with Gasteiger partial charge in [-0.3, -0.25) is 0 Å². The predicted octanol–water partition coefficient (Wildman–Crippen LogP) is 2.27. The van der Waals surface area contributed by atoms with E-state index in [1.165, 1.54) is 5.01 Å². The van der Waals surface area contributed by atoms with Crippen molar-refractivity contribution in [1.29, 1.82) is 0 Å². The van der Waals surface area contributed by atoms with E-state index in [1.54, 1.807) is 7.11 Å². The second kappa shape index (κ2) is 6.24. The number of nitrogens with zero attached hydrogens (tertiary/aromatic N) is 1. The Morgan fingerprint density at radius 1 is 1.58 bits per heavy atom. The Labute approximate surface area is 112 Å². The zero-order valence-corrected chi connectivity index (χ0v) is 11.0. The predicted molar refractivity (Wildman–Crippen MR) is 71.7 cm³/mol. The molecular weight excluding hydrogens is 244 g/mol. The van der Waals surface area contributed by atoms with Crippen molar-refractivity contribution in [2.24, 2.45) is 0 Å². The summed E-state index contributed by atoms with van der Waals surface area (Å²) in [7, 11) is 1.63. The third-order valence-electron chi connectivity index (χ3n) is 2.99. The van der Waals surface area contributed by atoms with Crippen molar-refractivity contribution in [2.75, 3.05) is 20.3 Å². The number of rotatable bonds is 6. The summed E-state index contributed by atoms with van der Waals surface area (Å²) in [5, 5.41) is 1.49. The molecule has 0 bridgehead atoms. The standard InChI is InChI=1S/C14H18N2O3/c1-3-6-12(15-16-9-10-19-14(16)17)11-7-4-5-8-13(11)18-2/h3-5,7-8,12,15H,1,6,9-10H2,2H3/t12-/m0/s1. The van der Waals surface area contributed by atoms with Crippen LogP contribution < -0.4 is 10.2 Å². The molecule has 2 rings (SSSR count). The molecule has 0 radical (unpaired) electrons. The van der Waals surface area contributed by atoms with E-state index in [-0.39, 0.29) is 12.1 Å². The zero-order chi connectivity index (χ0) is 13.7. The SMILES string of the molecule is C=CC[C@H](NN1CCOC1=O)c1ccccc1OC. The van der Waals surface area contributed by atoms with Crippen LogP contribution in [0.2, 0.25) is 0 Å². The molecule has 1 N–H and O–H groups in total. The maximum atomic E-state index is 11.5. The average molecular weight is 262 g/mol. The van der Waals surface area contributed by atoms with E-state index in [9.17, 15) is 4.79 Å². The summed E-state index contributed by atoms with van der Waals surface area (Å²) >= 11 is 0. The molecule has 1 aliphatic heterocycles. The molecule has 1 saturated heterocycles. The molecule has 1 aliphatic rings. The van der Waals surface area contributed by atoms with E-state index >= 15 is 0 Å². The van der Waals surface area contributed by atoms with Crippen LogP contribution in [0.25, 0.3) is 0 Å². The van der Waals surface area contributed by atoms with Crippen molar-refractivity contribution >= 4 is 6.09 Å². The minimum absolute atomic E-state index is 0.0701. The lowest BCUT2D eigenvalue weighted by molar-refractivity contribution is 0.138. The van der Waals surface area contributed by atoms with Crippen LogP contribution >= 0.6 is 0 Å². The van der Waals surface area contributed by atoms with Crippen LogP contribution in [-0.4, -0.2) is 31.4 Å². The lowest BCUT2D eigenvalue weighted by atomic mass is 10.0. The fourth-order valence-corrected chi connectivity index (χ4v) is 2.07. The molecule has 1 aromatic rings. The Morgan fingerprint density at radius 2 is 2.37 bits per heavy atom. The van der Waals surface area contributed by atoms with Crippen LogP contribution in [-0.2, 0) is 4.74 Å². The van der Waals surface area contributed by atoms with Gasteiger partial charge >= 0.3 is 6.09 Å². The Balaban J connectivity index is 2.19. The summed E-state index contributed by atoms with van der Waals surface area (Å²) in [6.07, 6.45) is 2.15. The second-order valence-electron chi connectivity index (χ2n) is 4.21. The number of para-hydroxylation sites is 1. The normalized spacial score (nSPS) is 16.1. The number of methoxy groups -OCH3 is 1. The minimum atomic E-state index is -0.344. The van der Waals surface area contributed by atoms with Gasteiger partial charge in [-0.2, -0.15) is 0 Å². The fraction of sp³-hybridized carbons (Fsp3) is 0.357. The van der Waals surface area contributed by atoms with E-state index in [1.807, 2.05) is 30.3 Å². The number of carbonyl (C=O) groups excluding carboxylic acids is 1. The van der Waals surface area contributed by atoms with Crippen LogP contribution in [0.1, 0.15) is 18.0 Å². The van der Waals surface area contributed by atoms with Gasteiger partial charge in [-0.05, 0) is 12.5 Å². The highest BCUT2D eigenvalue weighted by Gasteiger charge is 2.26. The molecule has 0 spiro atoms. The molecule has 0 aliphatic carbocycles. The number of hydrogen-bond donors (Lipinski definition) is 1. The molecule has 0 saturated carbocycles. The zero-order valence-electron chi connectivity index (χ0n) is 11.0. The van der Waals surface area contributed by atoms with Crippen molar-refractivity contribution in [3.63, 3.8) is 0 Å².